The molecule has 0 spiro atoms. The lowest BCUT2D eigenvalue weighted by Gasteiger charge is -2.22. The van der Waals surface area contributed by atoms with E-state index in [1.807, 2.05) is 129 Å². The number of alkyl halides is 3. The molecule has 16 rings (SSSR count). The third-order valence-electron chi connectivity index (χ3n) is 19.6. The molecule has 0 saturated heterocycles. The van der Waals surface area contributed by atoms with Gasteiger partial charge in [0, 0.05) is 59.8 Å². The van der Waals surface area contributed by atoms with Gasteiger partial charge in [0.1, 0.15) is 12.1 Å². The van der Waals surface area contributed by atoms with Gasteiger partial charge in [0.25, 0.3) is 0 Å². The molecule has 0 atom stereocenters. The first kappa shape index (κ1) is 60.8. The Hall–Kier alpha value is -12.4. The molecule has 12 aromatic carbocycles. The van der Waals surface area contributed by atoms with Crippen LogP contribution in [0.25, 0.3) is 137 Å². The predicted molar refractivity (Wildman–Crippen MR) is 389 cm³/mol. The minimum absolute atomic E-state index is 0.0722. The highest BCUT2D eigenvalue weighted by Gasteiger charge is 2.36. The number of aryl methyl sites for hydroxylation is 9. The summed E-state index contributed by atoms with van der Waals surface area (Å²) in [5.74, 6) is 0. The van der Waals surface area contributed by atoms with Gasteiger partial charge in [0.2, 0.25) is 0 Å². The van der Waals surface area contributed by atoms with Crippen molar-refractivity contribution in [2.75, 3.05) is 0 Å². The molecule has 11 heteroatoms. The van der Waals surface area contributed by atoms with Gasteiger partial charge in [-0.15, -0.1) is 0 Å². The van der Waals surface area contributed by atoms with Crippen molar-refractivity contribution >= 4 is 92.9 Å². The Balaban J connectivity index is 0.000000159. The van der Waals surface area contributed by atoms with Crippen molar-refractivity contribution in [3.05, 3.63) is 290 Å². The molecular weight excluding hydrogens is 1200 g/mol. The van der Waals surface area contributed by atoms with Gasteiger partial charge in [-0.3, -0.25) is 0 Å². The summed E-state index contributed by atoms with van der Waals surface area (Å²) >= 11 is 0. The van der Waals surface area contributed by atoms with Gasteiger partial charge in [0.15, 0.2) is 5.69 Å². The Morgan fingerprint density at radius 1 is 0.309 bits per heavy atom. The minimum atomic E-state index is -4.76. The lowest BCUT2D eigenvalue weighted by Crippen LogP contribution is -2.10. The standard InChI is InChI=1S/C43H29F3N4.C43H32N4/c1-24-10-6-14-31-32-15-7-11-25(2)40(32)49(39(24)31)37-22-35(30-19-18-29(48-5)21-36(30)43(44,45)46)38(20-28(37)23-47)50-41-26(3)12-8-16-33(41)34-17-9-13-27(4)42(34)50;1-25-18-19-32(30(20-25)23-44)37-22-38(46-40-26(2)10-6-14-33(40)34-15-7-11-27(3)41(34)46)31(24-45)21-39(37)47-42-28(4)12-8-16-35(42)36-17-9-13-29(5)43(36)47/h6-22H,1-4H3;6-22H,1-5H3. The highest BCUT2D eigenvalue weighted by Crippen LogP contribution is 2.48. The van der Waals surface area contributed by atoms with E-state index in [1.54, 1.807) is 12.1 Å². The average molecular weight is 1260 g/mol. The number of hydrogen-bond acceptors (Lipinski definition) is 3. The summed E-state index contributed by atoms with van der Waals surface area (Å²) in [6.07, 6.45) is -4.76. The normalized spacial score (nSPS) is 11.7. The zero-order valence-corrected chi connectivity index (χ0v) is 54.8. The number of nitrogens with zero attached hydrogens (tertiary/aromatic N) is 8. The number of benzene rings is 12. The quantitative estimate of drug-likeness (QED) is 0.155. The van der Waals surface area contributed by atoms with Crippen LogP contribution < -0.4 is 0 Å². The maximum Gasteiger partial charge on any atom is 0.415 e. The van der Waals surface area contributed by atoms with Crippen molar-refractivity contribution in [2.24, 2.45) is 0 Å². The monoisotopic (exact) mass is 1260 g/mol. The highest BCUT2D eigenvalue weighted by atomic mass is 19.4. The Morgan fingerprint density at radius 3 is 0.866 bits per heavy atom. The summed E-state index contributed by atoms with van der Waals surface area (Å²) in [5, 5.41) is 40.8. The molecule has 0 radical (unpaired) electrons. The largest absolute Gasteiger partial charge is 0.415 e. The summed E-state index contributed by atoms with van der Waals surface area (Å²) < 4.78 is 53.7. The first-order valence-corrected chi connectivity index (χ1v) is 32.1. The van der Waals surface area contributed by atoms with E-state index in [0.29, 0.717) is 33.6 Å². The fraction of sp³-hybridized carbons (Fsp3) is 0.116. The molecule has 466 valence electrons. The number of para-hydroxylation sites is 8. The first-order chi connectivity index (χ1) is 46.8. The van der Waals surface area contributed by atoms with Gasteiger partial charge in [-0.1, -0.05) is 170 Å². The summed E-state index contributed by atoms with van der Waals surface area (Å²) in [5.41, 5.74) is 22.3. The molecule has 4 heterocycles. The van der Waals surface area contributed by atoms with Gasteiger partial charge in [-0.25, -0.2) is 4.85 Å². The lowest BCUT2D eigenvalue weighted by atomic mass is 9.94. The van der Waals surface area contributed by atoms with E-state index < -0.39 is 11.7 Å². The van der Waals surface area contributed by atoms with E-state index in [2.05, 4.69) is 151 Å². The smallest absolute Gasteiger partial charge is 0.308 e. The number of rotatable bonds is 6. The van der Waals surface area contributed by atoms with Crippen molar-refractivity contribution in [2.45, 2.75) is 68.5 Å². The van der Waals surface area contributed by atoms with Gasteiger partial charge in [-0.05, 0) is 154 Å². The molecule has 0 unspecified atom stereocenters. The second kappa shape index (κ2) is 23.0. The van der Waals surface area contributed by atoms with Gasteiger partial charge in [0.05, 0.1) is 102 Å². The highest BCUT2D eigenvalue weighted by molar-refractivity contribution is 6.16. The van der Waals surface area contributed by atoms with E-state index >= 15 is 13.2 Å². The fourth-order valence-corrected chi connectivity index (χ4v) is 15.4. The van der Waals surface area contributed by atoms with E-state index in [0.717, 1.165) is 166 Å². The number of halogens is 3. The second-order valence-corrected chi connectivity index (χ2v) is 25.6. The molecule has 0 fully saturated rings. The second-order valence-electron chi connectivity index (χ2n) is 25.6. The number of nitriles is 3. The Kier molecular flexibility index (Phi) is 14.4. The van der Waals surface area contributed by atoms with E-state index in [-0.39, 0.29) is 11.3 Å². The zero-order chi connectivity index (χ0) is 67.6. The van der Waals surface area contributed by atoms with Crippen molar-refractivity contribution in [3.8, 4) is 63.2 Å². The van der Waals surface area contributed by atoms with Crippen LogP contribution in [0, 0.1) is 103 Å². The molecule has 0 bridgehead atoms. The summed E-state index contributed by atoms with van der Waals surface area (Å²) in [6, 6.07) is 74.7. The average Bonchev–Trinajstić information content (AvgIpc) is 1.61. The van der Waals surface area contributed by atoms with Crippen LogP contribution in [-0.2, 0) is 6.18 Å². The molecular formula is C86H61F3N8. The first-order valence-electron chi connectivity index (χ1n) is 32.1. The summed E-state index contributed by atoms with van der Waals surface area (Å²) in [7, 11) is 0. The van der Waals surface area contributed by atoms with Gasteiger partial charge < -0.3 is 18.3 Å². The number of aromatic nitrogens is 4. The van der Waals surface area contributed by atoms with E-state index in [4.69, 9.17) is 6.57 Å². The third-order valence-corrected chi connectivity index (χ3v) is 19.6. The maximum absolute atomic E-state index is 15.0. The van der Waals surface area contributed by atoms with Crippen LogP contribution in [0.4, 0.5) is 18.9 Å². The Morgan fingerprint density at radius 2 is 0.588 bits per heavy atom. The van der Waals surface area contributed by atoms with Crippen molar-refractivity contribution in [1.82, 2.24) is 18.3 Å². The summed E-state index contributed by atoms with van der Waals surface area (Å²) in [4.78, 5) is 3.33. The van der Waals surface area contributed by atoms with Crippen molar-refractivity contribution in [3.63, 3.8) is 0 Å². The minimum Gasteiger partial charge on any atom is -0.308 e. The fourth-order valence-electron chi connectivity index (χ4n) is 15.4. The van der Waals surface area contributed by atoms with Gasteiger partial charge in [-0.2, -0.15) is 29.0 Å². The molecule has 0 N–H and O–H groups in total. The molecule has 0 saturated carbocycles. The van der Waals surface area contributed by atoms with Crippen LogP contribution in [0.2, 0.25) is 0 Å². The molecule has 0 aliphatic rings. The summed E-state index contributed by atoms with van der Waals surface area (Å²) in [6.45, 7) is 26.0. The SMILES string of the molecule is Cc1ccc(-c2cc(-n3c4c(C)cccc4c4cccc(C)c43)c(C#N)cc2-n2c3c(C)cccc3c3cccc(C)c32)c(C#N)c1.[C-]#[N+]c1ccc(-c2cc(-n3c4c(C)cccc4c4cccc(C)c43)c(C#N)cc2-n2c3c(C)cccc3c3cccc(C)c32)c(C(F)(F)F)c1. The van der Waals surface area contributed by atoms with Crippen molar-refractivity contribution in [1.29, 1.82) is 15.8 Å². The third kappa shape index (κ3) is 9.38. The van der Waals surface area contributed by atoms with Crippen LogP contribution in [0.15, 0.2) is 206 Å². The number of fused-ring (bicyclic) bond motifs is 12. The molecule has 8 nitrogen and oxygen atoms in total. The maximum atomic E-state index is 15.0. The van der Waals surface area contributed by atoms with Crippen LogP contribution in [0.3, 0.4) is 0 Å². The lowest BCUT2D eigenvalue weighted by molar-refractivity contribution is -0.137. The van der Waals surface area contributed by atoms with Crippen LogP contribution in [0.5, 0.6) is 0 Å². The zero-order valence-electron chi connectivity index (χ0n) is 54.8. The van der Waals surface area contributed by atoms with E-state index in [9.17, 15) is 15.8 Å². The Labute approximate surface area is 558 Å². The van der Waals surface area contributed by atoms with Crippen LogP contribution >= 0.6 is 0 Å². The van der Waals surface area contributed by atoms with Crippen LogP contribution in [-0.4, -0.2) is 18.3 Å². The topological polar surface area (TPSA) is 95.4 Å². The molecule has 16 aromatic rings. The van der Waals surface area contributed by atoms with Gasteiger partial charge >= 0.3 is 6.18 Å². The molecule has 4 aromatic heterocycles. The molecule has 0 aliphatic heterocycles. The number of hydrogen-bond donors (Lipinski definition) is 0. The predicted octanol–water partition coefficient (Wildman–Crippen LogP) is 23.1. The Bertz CT molecular complexity index is 6050. The molecule has 0 aliphatic carbocycles. The molecule has 97 heavy (non-hydrogen) atoms. The van der Waals surface area contributed by atoms with E-state index in [1.165, 1.54) is 12.1 Å². The molecule has 0 amide bonds. The van der Waals surface area contributed by atoms with Crippen molar-refractivity contribution < 1.29 is 13.2 Å². The van der Waals surface area contributed by atoms with Crippen LogP contribution in [0.1, 0.15) is 72.3 Å².